The summed E-state index contributed by atoms with van der Waals surface area (Å²) in [5.41, 5.74) is 6.23. The highest BCUT2D eigenvalue weighted by Crippen LogP contribution is 2.37. The summed E-state index contributed by atoms with van der Waals surface area (Å²) in [6.45, 7) is 23.7. The van der Waals surface area contributed by atoms with Crippen LogP contribution in [0.5, 0.6) is 34.9 Å². The van der Waals surface area contributed by atoms with E-state index in [2.05, 4.69) is 127 Å². The number of rotatable bonds is 22. The predicted molar refractivity (Wildman–Crippen MR) is 450 cm³/mol. The Hall–Kier alpha value is -14.0. The average Bonchev–Trinajstić information content (AvgIpc) is 1.65. The number of aromatic nitrogens is 9. The van der Waals surface area contributed by atoms with Crippen molar-refractivity contribution < 1.29 is 55.4 Å². The standard InChI is InChI=1S/C28H28FN7O3.C28H29N7O3.C27H28FN7O4S/c1-4-25(38)30-19-6-5-7-21(16-19)39-27-22-10-11-36(18(2)37)26(22)32-28(33-27)31-20-8-9-24(23(29)17-20)35-14-12-34(3)13-15-35;1-4-25(37)29-21-6-5-7-23(18-21)38-27-24-12-13-35(19(2)36)26(24)31-28(32-27)30-20-8-10-22(11-9-20)34-16-14-33(3)15-17-34;1-4-24(36)29-18-6-5-7-20(16-18)39-26-21-10-11-35(40(3,37)38)25(21)31-27(32-26)30-19-8-9-23(22(28)17-19)34-14-12-33(2)13-15-34/h4-11,16-17H,1,12-15H2,2-3H3,(H,30,38)(H,31,32,33);4-13,18H,1,14-17H2,2-3H3,(H,29,37)(H,30,31,32);4-11,16-17H,1,12-15H2,2-3H3,(H,29,36)(H,30,31,32). The van der Waals surface area contributed by atoms with E-state index in [-0.39, 0.29) is 76.5 Å². The molecule has 6 N–H and O–H groups in total. The van der Waals surface area contributed by atoms with Crippen molar-refractivity contribution in [2.24, 2.45) is 0 Å². The van der Waals surface area contributed by atoms with Crippen molar-refractivity contribution in [2.75, 3.05) is 153 Å². The summed E-state index contributed by atoms with van der Waals surface area (Å²) >= 11 is 0. The van der Waals surface area contributed by atoms with Crippen molar-refractivity contribution in [1.82, 2.24) is 57.7 Å². The van der Waals surface area contributed by atoms with Crippen LogP contribution in [0, 0.1) is 11.6 Å². The molecule has 0 radical (unpaired) electrons. The number of benzene rings is 6. The van der Waals surface area contributed by atoms with Crippen molar-refractivity contribution in [2.45, 2.75) is 13.8 Å². The number of amides is 3. The highest BCUT2D eigenvalue weighted by atomic mass is 32.2. The maximum atomic E-state index is 15.1. The molecule has 31 nitrogen and oxygen atoms in total. The van der Waals surface area contributed by atoms with Gasteiger partial charge in [-0.15, -0.1) is 0 Å². The van der Waals surface area contributed by atoms with Crippen LogP contribution in [0.1, 0.15) is 23.4 Å². The molecule has 34 heteroatoms. The fraction of sp³-hybridized carbons (Fsp3) is 0.217. The third-order valence-corrected chi connectivity index (χ3v) is 20.1. The van der Waals surface area contributed by atoms with Gasteiger partial charge in [0.15, 0.2) is 16.9 Å². The first-order valence-corrected chi connectivity index (χ1v) is 39.0. The molecule has 9 heterocycles. The summed E-state index contributed by atoms with van der Waals surface area (Å²) in [5.74, 6) is -0.0799. The van der Waals surface area contributed by atoms with E-state index in [0.29, 0.717) is 84.5 Å². The lowest BCUT2D eigenvalue weighted by molar-refractivity contribution is -0.112. The molecule has 6 aromatic carbocycles. The molecule has 0 bridgehead atoms. The molecule has 15 rings (SSSR count). The van der Waals surface area contributed by atoms with Gasteiger partial charge in [0.05, 0.1) is 33.8 Å². The molecule has 0 saturated carbocycles. The van der Waals surface area contributed by atoms with E-state index in [4.69, 9.17) is 14.2 Å². The van der Waals surface area contributed by atoms with Gasteiger partial charge in [-0.05, 0) is 155 Å². The Kier molecular flexibility index (Phi) is 25.0. The molecule has 3 fully saturated rings. The third kappa shape index (κ3) is 20.2. The number of anilines is 12. The Morgan fingerprint density at radius 2 is 0.735 bits per heavy atom. The number of ether oxygens (including phenoxy) is 3. The van der Waals surface area contributed by atoms with Crippen LogP contribution in [-0.2, 0) is 24.4 Å². The molecule has 0 aliphatic carbocycles. The number of halogens is 2. The van der Waals surface area contributed by atoms with Gasteiger partial charge in [-0.3, -0.25) is 33.1 Å². The Bertz CT molecular complexity index is 5880. The van der Waals surface area contributed by atoms with E-state index < -0.39 is 15.8 Å². The van der Waals surface area contributed by atoms with Gasteiger partial charge in [-0.2, -0.15) is 29.9 Å². The van der Waals surface area contributed by atoms with E-state index in [9.17, 15) is 32.4 Å². The summed E-state index contributed by atoms with van der Waals surface area (Å²) in [5, 5.41) is 18.7. The smallest absolute Gasteiger partial charge is 0.247 e. The number of carbonyl (C=O) groups excluding carboxylic acids is 5. The van der Waals surface area contributed by atoms with Crippen LogP contribution in [0.2, 0.25) is 0 Å². The second kappa shape index (κ2) is 36.0. The topological polar surface area (TPSA) is 331 Å². The first-order valence-electron chi connectivity index (χ1n) is 37.1. The molecule has 0 atom stereocenters. The first kappa shape index (κ1) is 81.1. The van der Waals surface area contributed by atoms with Gasteiger partial charge >= 0.3 is 0 Å². The van der Waals surface area contributed by atoms with Gasteiger partial charge < -0.3 is 75.5 Å². The summed E-state index contributed by atoms with van der Waals surface area (Å²) in [4.78, 5) is 99.7. The summed E-state index contributed by atoms with van der Waals surface area (Å²) < 4.78 is 77.1. The van der Waals surface area contributed by atoms with Crippen LogP contribution in [-0.4, -0.2) is 202 Å². The second-order valence-corrected chi connectivity index (χ2v) is 29.5. The van der Waals surface area contributed by atoms with Crippen LogP contribution in [0.25, 0.3) is 33.1 Å². The highest BCUT2D eigenvalue weighted by Gasteiger charge is 2.25. The zero-order valence-electron chi connectivity index (χ0n) is 65.0. The van der Waals surface area contributed by atoms with Crippen LogP contribution < -0.4 is 60.8 Å². The number of fused-ring (bicyclic) bond motifs is 3. The van der Waals surface area contributed by atoms with E-state index in [1.54, 1.807) is 122 Å². The van der Waals surface area contributed by atoms with Gasteiger partial charge in [0.2, 0.25) is 75.0 Å². The Balaban J connectivity index is 0.000000152. The molecule has 6 aromatic heterocycles. The number of carbonyl (C=O) groups is 5. The van der Waals surface area contributed by atoms with E-state index >= 15 is 8.78 Å². The lowest BCUT2D eigenvalue weighted by Gasteiger charge is -2.34. The predicted octanol–water partition coefficient (Wildman–Crippen LogP) is 12.9. The zero-order valence-corrected chi connectivity index (χ0v) is 65.8. The van der Waals surface area contributed by atoms with E-state index in [1.165, 1.54) is 59.5 Å². The number of piperazine rings is 3. The summed E-state index contributed by atoms with van der Waals surface area (Å²) in [6.07, 6.45) is 9.16. The molecular weight excluding hydrogens is 1520 g/mol. The molecular formula is C83H85F2N21O10S. The van der Waals surface area contributed by atoms with Crippen LogP contribution in [0.3, 0.4) is 0 Å². The monoisotopic (exact) mass is 1610 g/mol. The lowest BCUT2D eigenvalue weighted by atomic mass is 10.2. The number of hydrogen-bond donors (Lipinski definition) is 6. The summed E-state index contributed by atoms with van der Waals surface area (Å²) in [7, 11) is 2.52. The number of nitrogens with one attached hydrogen (secondary N) is 6. The quantitative estimate of drug-likeness (QED) is 0.0343. The Morgan fingerprint density at radius 1 is 0.402 bits per heavy atom. The van der Waals surface area contributed by atoms with Crippen molar-refractivity contribution >= 4 is 142 Å². The first-order chi connectivity index (χ1) is 56.3. The number of nitrogens with zero attached hydrogens (tertiary/aromatic N) is 15. The largest absolute Gasteiger partial charge is 0.438 e. The maximum absolute atomic E-state index is 15.1. The molecule has 602 valence electrons. The second-order valence-electron chi connectivity index (χ2n) is 27.6. The maximum Gasteiger partial charge on any atom is 0.247 e. The fourth-order valence-electron chi connectivity index (χ4n) is 12.9. The van der Waals surface area contributed by atoms with Crippen molar-refractivity contribution in [3.05, 3.63) is 220 Å². The number of hydrogen-bond acceptors (Lipinski definition) is 25. The minimum Gasteiger partial charge on any atom is -0.438 e. The molecule has 12 aromatic rings. The van der Waals surface area contributed by atoms with Crippen LogP contribution in [0.4, 0.5) is 77.8 Å². The molecule has 117 heavy (non-hydrogen) atoms. The molecule has 3 saturated heterocycles. The molecule has 0 unspecified atom stereocenters. The average molecular weight is 1610 g/mol. The normalized spacial score (nSPS) is 13.9. The molecule has 0 spiro atoms. The van der Waals surface area contributed by atoms with Crippen molar-refractivity contribution in [3.8, 4) is 34.9 Å². The van der Waals surface area contributed by atoms with Crippen molar-refractivity contribution in [3.63, 3.8) is 0 Å². The minimum atomic E-state index is -3.70. The molecule has 3 aliphatic rings. The minimum absolute atomic E-state index is 0.00830. The van der Waals surface area contributed by atoms with Gasteiger partial charge in [0.25, 0.3) is 0 Å². The van der Waals surface area contributed by atoms with E-state index in [1.807, 2.05) is 29.0 Å². The molecule has 3 amide bonds. The molecule has 3 aliphatic heterocycles. The summed E-state index contributed by atoms with van der Waals surface area (Å²) in [6, 6.07) is 43.0. The number of likely N-dealkylation sites (N-methyl/N-ethyl adjacent to an activating group) is 3. The fourth-order valence-corrected chi connectivity index (χ4v) is 13.7. The van der Waals surface area contributed by atoms with Gasteiger partial charge in [0, 0.05) is 169 Å². The lowest BCUT2D eigenvalue weighted by Crippen LogP contribution is -2.44. The van der Waals surface area contributed by atoms with Gasteiger partial charge in [-0.1, -0.05) is 37.9 Å². The third-order valence-electron chi connectivity index (χ3n) is 19.1. The van der Waals surface area contributed by atoms with E-state index in [0.717, 1.165) is 106 Å². The van der Waals surface area contributed by atoms with Gasteiger partial charge in [0.1, 0.15) is 28.9 Å². The van der Waals surface area contributed by atoms with Crippen LogP contribution >= 0.6 is 0 Å². The highest BCUT2D eigenvalue weighted by molar-refractivity contribution is 7.89. The Morgan fingerprint density at radius 3 is 1.09 bits per heavy atom. The zero-order chi connectivity index (χ0) is 82.6. The SMILES string of the molecule is C=CC(=O)Nc1cccc(Oc2nc(Nc3ccc(N4CCN(C)CC4)c(F)c3)nc3c2ccn3C(C)=O)c1.C=CC(=O)Nc1cccc(Oc2nc(Nc3ccc(N4CCN(C)CC4)c(F)c3)nc3c2ccn3S(C)(=O)=O)c1.C=CC(=O)Nc1cccc(Oc2nc(Nc3ccc(N4CCN(C)CC4)cc3)nc3c2ccn3C(C)=O)c1. The van der Waals surface area contributed by atoms with Crippen LogP contribution in [0.15, 0.2) is 208 Å². The van der Waals surface area contributed by atoms with Crippen molar-refractivity contribution in [1.29, 1.82) is 0 Å². The Labute approximate surface area is 672 Å². The van der Waals surface area contributed by atoms with Gasteiger partial charge in [-0.25, -0.2) is 21.2 Å².